The third-order valence-corrected chi connectivity index (χ3v) is 6.19. The van der Waals surface area contributed by atoms with E-state index in [9.17, 15) is 0 Å². The van der Waals surface area contributed by atoms with Crippen LogP contribution >= 0.6 is 0 Å². The molecule has 0 bridgehead atoms. The number of rotatable bonds is 8. The molecule has 170 valence electrons. The van der Waals surface area contributed by atoms with Crippen molar-refractivity contribution in [2.45, 2.75) is 26.4 Å². The van der Waals surface area contributed by atoms with Gasteiger partial charge in [0.1, 0.15) is 5.82 Å². The third kappa shape index (κ3) is 5.59. The zero-order valence-corrected chi connectivity index (χ0v) is 19.3. The fourth-order valence-corrected chi connectivity index (χ4v) is 4.23. The lowest BCUT2D eigenvalue weighted by Crippen LogP contribution is -2.46. The molecule has 1 saturated heterocycles. The van der Waals surface area contributed by atoms with Gasteiger partial charge < -0.3 is 25.0 Å². The summed E-state index contributed by atoms with van der Waals surface area (Å²) in [4.78, 5) is 13.8. The van der Waals surface area contributed by atoms with Crippen molar-refractivity contribution in [1.29, 1.82) is 0 Å². The fourth-order valence-electron chi connectivity index (χ4n) is 4.23. The van der Waals surface area contributed by atoms with Crippen LogP contribution in [-0.4, -0.2) is 66.7 Å². The number of hydrogen-bond donors (Lipinski definition) is 2. The minimum absolute atomic E-state index is 0.729. The first-order valence-electron chi connectivity index (χ1n) is 11.7. The lowest BCUT2D eigenvalue weighted by molar-refractivity contribution is 0.270. The number of para-hydroxylation sites is 1. The smallest absolute Gasteiger partial charge is 0.191 e. The number of fused-ring (bicyclic) bond motifs is 1. The average Bonchev–Trinajstić information content (AvgIpc) is 3.27. The van der Waals surface area contributed by atoms with E-state index >= 15 is 0 Å². The number of pyridine rings is 1. The molecule has 0 aliphatic carbocycles. The van der Waals surface area contributed by atoms with Gasteiger partial charge in [-0.05, 0) is 48.2 Å². The summed E-state index contributed by atoms with van der Waals surface area (Å²) < 4.78 is 2.31. The summed E-state index contributed by atoms with van der Waals surface area (Å²) in [5.41, 5.74) is 2.51. The Bertz CT molecular complexity index is 1020. The van der Waals surface area contributed by atoms with Crippen LogP contribution in [-0.2, 0) is 13.1 Å². The Labute approximate surface area is 191 Å². The van der Waals surface area contributed by atoms with Gasteiger partial charge in [0.25, 0.3) is 0 Å². The van der Waals surface area contributed by atoms with Gasteiger partial charge >= 0.3 is 0 Å². The molecule has 0 radical (unpaired) electrons. The maximum atomic E-state index is 4.60. The summed E-state index contributed by atoms with van der Waals surface area (Å²) in [7, 11) is 1.82. The van der Waals surface area contributed by atoms with Gasteiger partial charge in [0, 0.05) is 70.8 Å². The molecule has 0 saturated carbocycles. The lowest BCUT2D eigenvalue weighted by atomic mass is 10.2. The van der Waals surface area contributed by atoms with Gasteiger partial charge in [0.2, 0.25) is 0 Å². The number of aryl methyl sites for hydroxylation is 1. The average molecular weight is 434 g/mol. The van der Waals surface area contributed by atoms with Crippen LogP contribution in [0.3, 0.4) is 0 Å². The normalized spacial score (nSPS) is 15.3. The molecule has 1 aromatic carbocycles. The second-order valence-electron chi connectivity index (χ2n) is 8.22. The molecule has 1 aliphatic rings. The molecule has 2 N–H and O–H groups in total. The Hall–Kier alpha value is -3.06. The minimum Gasteiger partial charge on any atom is -0.356 e. The second kappa shape index (κ2) is 11.0. The summed E-state index contributed by atoms with van der Waals surface area (Å²) in [6.07, 6.45) is 5.11. The quantitative estimate of drug-likeness (QED) is 0.325. The highest BCUT2D eigenvalue weighted by Crippen LogP contribution is 2.16. The zero-order chi connectivity index (χ0) is 22.2. The molecule has 0 amide bonds. The first kappa shape index (κ1) is 22.1. The van der Waals surface area contributed by atoms with E-state index in [1.54, 1.807) is 0 Å². The molecule has 3 heterocycles. The lowest BCUT2D eigenvalue weighted by Gasteiger charge is -2.34. The van der Waals surface area contributed by atoms with Crippen LogP contribution in [0.4, 0.5) is 5.82 Å². The fraction of sp³-hybridized carbons (Fsp3) is 0.440. The Morgan fingerprint density at radius 3 is 2.72 bits per heavy atom. The van der Waals surface area contributed by atoms with Gasteiger partial charge in [-0.3, -0.25) is 4.99 Å². The summed E-state index contributed by atoms with van der Waals surface area (Å²) in [6.45, 7) is 10.2. The molecule has 0 spiro atoms. The number of likely N-dealkylation sites (N-methyl/N-ethyl adjacent to an activating group) is 1. The number of nitrogens with zero attached hydrogens (tertiary/aromatic N) is 5. The van der Waals surface area contributed by atoms with Gasteiger partial charge in [0.15, 0.2) is 5.96 Å². The van der Waals surface area contributed by atoms with Crippen molar-refractivity contribution in [3.8, 4) is 0 Å². The summed E-state index contributed by atoms with van der Waals surface area (Å²) >= 11 is 0. The molecule has 1 aliphatic heterocycles. The summed E-state index contributed by atoms with van der Waals surface area (Å²) in [5.74, 6) is 1.90. The zero-order valence-electron chi connectivity index (χ0n) is 19.3. The van der Waals surface area contributed by atoms with Crippen LogP contribution in [0.1, 0.15) is 18.9 Å². The number of guanidine groups is 1. The molecule has 7 nitrogen and oxygen atoms in total. The van der Waals surface area contributed by atoms with Gasteiger partial charge in [-0.1, -0.05) is 25.1 Å². The molecule has 1 fully saturated rings. The maximum Gasteiger partial charge on any atom is 0.191 e. The number of piperazine rings is 1. The van der Waals surface area contributed by atoms with Crippen molar-refractivity contribution in [3.63, 3.8) is 0 Å². The molecule has 2 aromatic heterocycles. The summed E-state index contributed by atoms with van der Waals surface area (Å²) in [6, 6.07) is 15.0. The van der Waals surface area contributed by atoms with Crippen LogP contribution in [0.25, 0.3) is 10.9 Å². The van der Waals surface area contributed by atoms with Crippen LogP contribution in [0.2, 0.25) is 0 Å². The van der Waals surface area contributed by atoms with Crippen molar-refractivity contribution >= 4 is 22.7 Å². The number of benzene rings is 1. The highest BCUT2D eigenvalue weighted by molar-refractivity contribution is 5.80. The maximum absolute atomic E-state index is 4.60. The van der Waals surface area contributed by atoms with E-state index in [0.29, 0.717) is 0 Å². The topological polar surface area (TPSA) is 60.7 Å². The second-order valence-corrected chi connectivity index (χ2v) is 8.22. The van der Waals surface area contributed by atoms with Crippen molar-refractivity contribution in [2.75, 3.05) is 51.2 Å². The Morgan fingerprint density at radius 1 is 1.06 bits per heavy atom. The van der Waals surface area contributed by atoms with E-state index in [1.807, 2.05) is 13.2 Å². The highest BCUT2D eigenvalue weighted by Gasteiger charge is 2.16. The van der Waals surface area contributed by atoms with Crippen molar-refractivity contribution in [2.24, 2.45) is 4.99 Å². The van der Waals surface area contributed by atoms with Gasteiger partial charge in [-0.15, -0.1) is 0 Å². The van der Waals surface area contributed by atoms with Crippen LogP contribution in [0.5, 0.6) is 0 Å². The molecule has 3 aromatic rings. The van der Waals surface area contributed by atoms with E-state index in [1.165, 1.54) is 16.5 Å². The third-order valence-electron chi connectivity index (χ3n) is 6.19. The van der Waals surface area contributed by atoms with E-state index < -0.39 is 0 Å². The van der Waals surface area contributed by atoms with E-state index in [2.05, 4.69) is 90.6 Å². The van der Waals surface area contributed by atoms with Crippen LogP contribution in [0, 0.1) is 0 Å². The standard InChI is InChI=1S/C25H35N7/c1-3-30-15-17-32(18-16-30)24-19-21(9-12-27-24)20-29-25(26-2)28-11-6-13-31-14-10-22-7-4-5-8-23(22)31/h4-5,7-10,12,14,19H,3,6,11,13,15-18,20H2,1-2H3,(H2,26,28,29). The van der Waals surface area contributed by atoms with Crippen LogP contribution in [0.15, 0.2) is 59.9 Å². The minimum atomic E-state index is 0.729. The Balaban J connectivity index is 1.22. The monoisotopic (exact) mass is 433 g/mol. The van der Waals surface area contributed by atoms with Crippen molar-refractivity contribution in [1.82, 2.24) is 25.1 Å². The van der Waals surface area contributed by atoms with E-state index in [4.69, 9.17) is 0 Å². The number of nitrogens with one attached hydrogen (secondary N) is 2. The van der Waals surface area contributed by atoms with Crippen LogP contribution < -0.4 is 15.5 Å². The predicted octanol–water partition coefficient (Wildman–Crippen LogP) is 2.93. The molecule has 0 atom stereocenters. The molecule has 7 heteroatoms. The largest absolute Gasteiger partial charge is 0.356 e. The Kier molecular flexibility index (Phi) is 7.61. The number of hydrogen-bond acceptors (Lipinski definition) is 4. The van der Waals surface area contributed by atoms with E-state index in [0.717, 1.165) is 70.6 Å². The predicted molar refractivity (Wildman–Crippen MR) is 133 cm³/mol. The van der Waals surface area contributed by atoms with E-state index in [-0.39, 0.29) is 0 Å². The SMILES string of the molecule is CCN1CCN(c2cc(CNC(=NC)NCCCn3ccc4ccccc43)ccn2)CC1. The van der Waals surface area contributed by atoms with Crippen molar-refractivity contribution < 1.29 is 0 Å². The molecular weight excluding hydrogens is 398 g/mol. The molecule has 0 unspecified atom stereocenters. The number of anilines is 1. The van der Waals surface area contributed by atoms with Crippen molar-refractivity contribution in [3.05, 3.63) is 60.4 Å². The van der Waals surface area contributed by atoms with Gasteiger partial charge in [-0.2, -0.15) is 0 Å². The highest BCUT2D eigenvalue weighted by atomic mass is 15.3. The van der Waals surface area contributed by atoms with Gasteiger partial charge in [-0.25, -0.2) is 4.98 Å². The number of aromatic nitrogens is 2. The summed E-state index contributed by atoms with van der Waals surface area (Å²) in [5, 5.41) is 8.16. The van der Waals surface area contributed by atoms with Gasteiger partial charge in [0.05, 0.1) is 0 Å². The number of aliphatic imine (C=N–C) groups is 1. The molecular formula is C25H35N7. The first-order chi connectivity index (χ1) is 15.8. The molecule has 32 heavy (non-hydrogen) atoms. The molecule has 4 rings (SSSR count). The Morgan fingerprint density at radius 2 is 1.91 bits per heavy atom. The first-order valence-corrected chi connectivity index (χ1v) is 11.7.